The monoisotopic (exact) mass is 332 g/mol. The molecular formula is C14H25ClN4OS. The lowest BCUT2D eigenvalue weighted by atomic mass is 9.94. The second-order valence-corrected chi connectivity index (χ2v) is 7.61. The molecule has 0 bridgehead atoms. The van der Waals surface area contributed by atoms with E-state index in [9.17, 15) is 4.79 Å². The molecule has 1 aliphatic rings. The number of aromatic nitrogens is 1. The molecule has 2 heterocycles. The minimum Gasteiger partial charge on any atom is -0.375 e. The van der Waals surface area contributed by atoms with Crippen LogP contribution in [0.15, 0.2) is 6.20 Å². The molecule has 0 aromatic carbocycles. The number of carbonyl (C=O) groups excluding carboxylic acids is 1. The summed E-state index contributed by atoms with van der Waals surface area (Å²) in [6.45, 7) is 8.69. The number of thiazole rings is 1. The SMILES string of the molecule is CC(C)(C)C(=O)NC1CCCN(Cc2cnc(N)s2)C1.Cl. The highest BCUT2D eigenvalue weighted by atomic mass is 35.5. The Bertz CT molecular complexity index is 472. The molecule has 0 spiro atoms. The lowest BCUT2D eigenvalue weighted by Crippen LogP contribution is -2.50. The van der Waals surface area contributed by atoms with Gasteiger partial charge in [-0.3, -0.25) is 9.69 Å². The minimum atomic E-state index is -0.325. The van der Waals surface area contributed by atoms with Gasteiger partial charge in [0.05, 0.1) is 0 Å². The predicted molar refractivity (Wildman–Crippen MR) is 89.7 cm³/mol. The topological polar surface area (TPSA) is 71.2 Å². The van der Waals surface area contributed by atoms with Gasteiger partial charge >= 0.3 is 0 Å². The molecule has 120 valence electrons. The summed E-state index contributed by atoms with van der Waals surface area (Å²) in [6.07, 6.45) is 4.02. The number of hydrogen-bond acceptors (Lipinski definition) is 5. The highest BCUT2D eigenvalue weighted by Gasteiger charge is 2.27. The molecule has 1 aliphatic heterocycles. The summed E-state index contributed by atoms with van der Waals surface area (Å²) in [5.74, 6) is 0.131. The van der Waals surface area contributed by atoms with E-state index < -0.39 is 0 Å². The summed E-state index contributed by atoms with van der Waals surface area (Å²) in [4.78, 5) is 19.7. The Morgan fingerprint density at radius 2 is 2.29 bits per heavy atom. The molecule has 0 aliphatic carbocycles. The summed E-state index contributed by atoms with van der Waals surface area (Å²) < 4.78 is 0. The fourth-order valence-electron chi connectivity index (χ4n) is 2.33. The summed E-state index contributed by atoms with van der Waals surface area (Å²) in [5, 5.41) is 3.78. The maximum Gasteiger partial charge on any atom is 0.225 e. The van der Waals surface area contributed by atoms with Crippen molar-refractivity contribution in [1.29, 1.82) is 0 Å². The van der Waals surface area contributed by atoms with Crippen molar-refractivity contribution in [1.82, 2.24) is 15.2 Å². The molecule has 1 aromatic rings. The van der Waals surface area contributed by atoms with Gasteiger partial charge in [-0.25, -0.2) is 4.98 Å². The van der Waals surface area contributed by atoms with Crippen LogP contribution in [0.3, 0.4) is 0 Å². The average Bonchev–Trinajstić information content (AvgIpc) is 2.74. The van der Waals surface area contributed by atoms with Crippen LogP contribution in [0.25, 0.3) is 0 Å². The molecule has 0 saturated carbocycles. The van der Waals surface area contributed by atoms with Gasteiger partial charge in [-0.15, -0.1) is 23.7 Å². The van der Waals surface area contributed by atoms with Gasteiger partial charge in [-0.2, -0.15) is 0 Å². The van der Waals surface area contributed by atoms with Crippen molar-refractivity contribution in [2.24, 2.45) is 5.41 Å². The van der Waals surface area contributed by atoms with E-state index in [1.165, 1.54) is 16.2 Å². The first kappa shape index (κ1) is 18.2. The quantitative estimate of drug-likeness (QED) is 0.890. The maximum absolute atomic E-state index is 12.0. The molecule has 1 aromatic heterocycles. The van der Waals surface area contributed by atoms with Crippen molar-refractivity contribution in [3.63, 3.8) is 0 Å². The number of halogens is 1. The maximum atomic E-state index is 12.0. The van der Waals surface area contributed by atoms with Crippen LogP contribution >= 0.6 is 23.7 Å². The van der Waals surface area contributed by atoms with E-state index >= 15 is 0 Å². The fraction of sp³-hybridized carbons (Fsp3) is 0.714. The third-order valence-corrected chi connectivity index (χ3v) is 4.28. The zero-order valence-electron chi connectivity index (χ0n) is 12.9. The Balaban J connectivity index is 0.00000220. The van der Waals surface area contributed by atoms with Gasteiger partial charge in [0.25, 0.3) is 0 Å². The van der Waals surface area contributed by atoms with Gasteiger partial charge in [-0.1, -0.05) is 20.8 Å². The minimum absolute atomic E-state index is 0. The predicted octanol–water partition coefficient (Wildman–Crippen LogP) is 2.27. The van der Waals surface area contributed by atoms with Crippen molar-refractivity contribution >= 4 is 34.8 Å². The number of amides is 1. The number of nitrogens with one attached hydrogen (secondary N) is 1. The van der Waals surface area contributed by atoms with Crippen LogP contribution in [-0.4, -0.2) is 34.9 Å². The second kappa shape index (κ2) is 7.42. The number of likely N-dealkylation sites (tertiary alicyclic amines) is 1. The van der Waals surface area contributed by atoms with Crippen LogP contribution in [0.5, 0.6) is 0 Å². The first-order valence-corrected chi connectivity index (χ1v) is 7.90. The first-order chi connectivity index (χ1) is 9.34. The Hall–Kier alpha value is -0.850. The molecule has 21 heavy (non-hydrogen) atoms. The number of nitrogens with two attached hydrogens (primary N) is 1. The summed E-state index contributed by atoms with van der Waals surface area (Å²) in [7, 11) is 0. The van der Waals surface area contributed by atoms with Gasteiger partial charge < -0.3 is 11.1 Å². The van der Waals surface area contributed by atoms with E-state index in [1.807, 2.05) is 27.0 Å². The van der Waals surface area contributed by atoms with Crippen LogP contribution in [-0.2, 0) is 11.3 Å². The van der Waals surface area contributed by atoms with Crippen LogP contribution in [0, 0.1) is 5.41 Å². The van der Waals surface area contributed by atoms with Gasteiger partial charge in [0, 0.05) is 35.6 Å². The highest BCUT2D eigenvalue weighted by molar-refractivity contribution is 7.15. The highest BCUT2D eigenvalue weighted by Crippen LogP contribution is 2.20. The summed E-state index contributed by atoms with van der Waals surface area (Å²) in [5.41, 5.74) is 5.33. The molecule has 1 amide bonds. The average molecular weight is 333 g/mol. The number of anilines is 1. The molecular weight excluding hydrogens is 308 g/mol. The normalized spacial score (nSPS) is 19.9. The van der Waals surface area contributed by atoms with Gasteiger partial charge in [0.1, 0.15) is 0 Å². The first-order valence-electron chi connectivity index (χ1n) is 7.08. The third kappa shape index (κ3) is 5.45. The van der Waals surface area contributed by atoms with E-state index in [0.29, 0.717) is 5.13 Å². The van der Waals surface area contributed by atoms with E-state index in [1.54, 1.807) is 0 Å². The van der Waals surface area contributed by atoms with E-state index in [4.69, 9.17) is 5.73 Å². The van der Waals surface area contributed by atoms with Gasteiger partial charge in [0.15, 0.2) is 5.13 Å². The smallest absolute Gasteiger partial charge is 0.225 e. The second-order valence-electron chi connectivity index (χ2n) is 6.46. The zero-order valence-corrected chi connectivity index (χ0v) is 14.5. The molecule has 3 N–H and O–H groups in total. The van der Waals surface area contributed by atoms with Crippen LogP contribution in [0.2, 0.25) is 0 Å². The zero-order chi connectivity index (χ0) is 14.8. The van der Waals surface area contributed by atoms with Crippen molar-refractivity contribution < 1.29 is 4.79 Å². The number of nitrogens with zero attached hydrogens (tertiary/aromatic N) is 2. The van der Waals surface area contributed by atoms with Crippen molar-refractivity contribution in [3.8, 4) is 0 Å². The molecule has 1 unspecified atom stereocenters. The number of nitrogen functional groups attached to an aromatic ring is 1. The Labute approximate surface area is 136 Å². The van der Waals surface area contributed by atoms with E-state index in [-0.39, 0.29) is 29.8 Å². The largest absolute Gasteiger partial charge is 0.375 e. The molecule has 0 radical (unpaired) electrons. The lowest BCUT2D eigenvalue weighted by molar-refractivity contribution is -0.129. The van der Waals surface area contributed by atoms with Gasteiger partial charge in [-0.05, 0) is 19.4 Å². The number of rotatable bonds is 3. The van der Waals surface area contributed by atoms with Crippen molar-refractivity contribution in [2.45, 2.75) is 46.2 Å². The Morgan fingerprint density at radius 1 is 1.57 bits per heavy atom. The molecule has 1 atom stereocenters. The van der Waals surface area contributed by atoms with Crippen molar-refractivity contribution in [3.05, 3.63) is 11.1 Å². The summed E-state index contributed by atoms with van der Waals surface area (Å²) >= 11 is 1.54. The molecule has 2 rings (SSSR count). The molecule has 1 saturated heterocycles. The molecule has 7 heteroatoms. The van der Waals surface area contributed by atoms with Crippen LogP contribution in [0.4, 0.5) is 5.13 Å². The Morgan fingerprint density at radius 3 is 2.86 bits per heavy atom. The Kier molecular flexibility index (Phi) is 6.43. The summed E-state index contributed by atoms with van der Waals surface area (Å²) in [6, 6.07) is 0.251. The van der Waals surface area contributed by atoms with E-state index in [2.05, 4.69) is 15.2 Å². The number of piperidine rings is 1. The van der Waals surface area contributed by atoms with E-state index in [0.717, 1.165) is 32.5 Å². The van der Waals surface area contributed by atoms with Crippen LogP contribution < -0.4 is 11.1 Å². The molecule has 5 nitrogen and oxygen atoms in total. The fourth-order valence-corrected chi connectivity index (χ4v) is 3.06. The standard InChI is InChI=1S/C14H24N4OS.ClH/c1-14(2,3)12(19)17-10-5-4-6-18(8-10)9-11-7-16-13(15)20-11;/h7,10H,4-6,8-9H2,1-3H3,(H2,15,16)(H,17,19);1H. The van der Waals surface area contributed by atoms with Gasteiger partial charge in [0.2, 0.25) is 5.91 Å². The van der Waals surface area contributed by atoms with Crippen molar-refractivity contribution in [2.75, 3.05) is 18.8 Å². The lowest BCUT2D eigenvalue weighted by Gasteiger charge is -2.34. The van der Waals surface area contributed by atoms with Crippen LogP contribution in [0.1, 0.15) is 38.5 Å². The number of hydrogen-bond donors (Lipinski definition) is 2. The number of carbonyl (C=O) groups is 1. The molecule has 1 fully saturated rings. The third-order valence-electron chi connectivity index (χ3n) is 3.47.